The van der Waals surface area contributed by atoms with Gasteiger partial charge in [-0.2, -0.15) is 0 Å². The van der Waals surface area contributed by atoms with Gasteiger partial charge in [-0.1, -0.05) is 18.2 Å². The van der Waals surface area contributed by atoms with Gasteiger partial charge >= 0.3 is 6.03 Å². The lowest BCUT2D eigenvalue weighted by Gasteiger charge is -2.45. The van der Waals surface area contributed by atoms with Crippen LogP contribution in [0.2, 0.25) is 0 Å². The fourth-order valence-electron chi connectivity index (χ4n) is 5.25. The van der Waals surface area contributed by atoms with Gasteiger partial charge in [0.05, 0.1) is 7.11 Å². The predicted octanol–water partition coefficient (Wildman–Crippen LogP) is 6.29. The molecular formula is C28H28FN3O2. The molecule has 0 saturated carbocycles. The smallest absolute Gasteiger partial charge is 0.322 e. The quantitative estimate of drug-likeness (QED) is 0.380. The lowest BCUT2D eigenvalue weighted by Crippen LogP contribution is -2.54. The van der Waals surface area contributed by atoms with Crippen molar-refractivity contribution in [2.24, 2.45) is 0 Å². The lowest BCUT2D eigenvalue weighted by molar-refractivity contribution is 0.148. The SMILES string of the molecule is COc1ccc2[nH]c3c(c2c1)CCN(C(=O)Nc1cc(C)cc(C)c1)C3(C)c1cccc(F)c1. The molecule has 0 aliphatic carbocycles. The van der Waals surface area contributed by atoms with Crippen molar-refractivity contribution in [1.82, 2.24) is 9.88 Å². The molecular weight excluding hydrogens is 429 g/mol. The molecule has 34 heavy (non-hydrogen) atoms. The van der Waals surface area contributed by atoms with Crippen LogP contribution in [0.4, 0.5) is 14.9 Å². The third-order valence-corrected chi connectivity index (χ3v) is 6.83. The van der Waals surface area contributed by atoms with Crippen LogP contribution in [-0.4, -0.2) is 29.6 Å². The Hall–Kier alpha value is -3.80. The summed E-state index contributed by atoms with van der Waals surface area (Å²) in [5.74, 6) is 0.440. The molecule has 2 N–H and O–H groups in total. The van der Waals surface area contributed by atoms with Crippen LogP contribution in [0.25, 0.3) is 10.9 Å². The van der Waals surface area contributed by atoms with E-state index in [0.717, 1.165) is 44.7 Å². The summed E-state index contributed by atoms with van der Waals surface area (Å²) in [4.78, 5) is 19.0. The highest BCUT2D eigenvalue weighted by atomic mass is 19.1. The van der Waals surface area contributed by atoms with Gasteiger partial charge in [0.25, 0.3) is 0 Å². The number of amides is 2. The zero-order valence-electron chi connectivity index (χ0n) is 19.8. The number of nitrogens with one attached hydrogen (secondary N) is 2. The van der Waals surface area contributed by atoms with Crippen LogP contribution in [0.15, 0.2) is 60.7 Å². The second-order valence-electron chi connectivity index (χ2n) is 9.18. The van der Waals surface area contributed by atoms with Gasteiger partial charge in [0.2, 0.25) is 0 Å². The van der Waals surface area contributed by atoms with Crippen molar-refractivity contribution in [3.63, 3.8) is 0 Å². The summed E-state index contributed by atoms with van der Waals surface area (Å²) in [5.41, 5.74) is 5.69. The number of H-pyrrole nitrogens is 1. The Labute approximate surface area is 198 Å². The Kier molecular flexibility index (Phi) is 5.31. The largest absolute Gasteiger partial charge is 0.497 e. The van der Waals surface area contributed by atoms with Crippen LogP contribution in [0.3, 0.4) is 0 Å². The highest BCUT2D eigenvalue weighted by molar-refractivity contribution is 5.92. The number of halogens is 1. The molecule has 174 valence electrons. The van der Waals surface area contributed by atoms with Crippen LogP contribution >= 0.6 is 0 Å². The number of fused-ring (bicyclic) bond motifs is 3. The molecule has 5 nitrogen and oxygen atoms in total. The maximum atomic E-state index is 14.4. The number of methoxy groups -OCH3 is 1. The molecule has 0 radical (unpaired) electrons. The van der Waals surface area contributed by atoms with Crippen LogP contribution in [0.5, 0.6) is 5.75 Å². The van der Waals surface area contributed by atoms with Gasteiger partial charge in [0.1, 0.15) is 17.1 Å². The Morgan fingerprint density at radius 2 is 1.85 bits per heavy atom. The number of rotatable bonds is 3. The Balaban J connectivity index is 1.65. The second-order valence-corrected chi connectivity index (χ2v) is 9.18. The van der Waals surface area contributed by atoms with E-state index in [9.17, 15) is 9.18 Å². The van der Waals surface area contributed by atoms with Gasteiger partial charge in [0.15, 0.2) is 0 Å². The van der Waals surface area contributed by atoms with E-state index >= 15 is 0 Å². The molecule has 1 atom stereocenters. The van der Waals surface area contributed by atoms with E-state index in [0.29, 0.717) is 18.5 Å². The summed E-state index contributed by atoms with van der Waals surface area (Å²) in [5, 5.41) is 4.14. The van der Waals surface area contributed by atoms with Crippen molar-refractivity contribution < 1.29 is 13.9 Å². The molecule has 1 aliphatic heterocycles. The number of aromatic amines is 1. The maximum Gasteiger partial charge on any atom is 0.322 e. The van der Waals surface area contributed by atoms with E-state index in [1.54, 1.807) is 18.1 Å². The normalized spacial score (nSPS) is 17.5. The molecule has 2 amide bonds. The molecule has 0 bridgehead atoms. The monoisotopic (exact) mass is 457 g/mol. The van der Waals surface area contributed by atoms with Gasteiger partial charge in [-0.3, -0.25) is 0 Å². The number of carbonyl (C=O) groups is 1. The van der Waals surface area contributed by atoms with Crippen LogP contribution in [-0.2, 0) is 12.0 Å². The first-order valence-corrected chi connectivity index (χ1v) is 11.4. The number of hydrogen-bond donors (Lipinski definition) is 2. The first kappa shape index (κ1) is 22.0. The molecule has 2 heterocycles. The van der Waals surface area contributed by atoms with E-state index in [-0.39, 0.29) is 11.8 Å². The lowest BCUT2D eigenvalue weighted by atomic mass is 9.80. The van der Waals surface area contributed by atoms with E-state index in [1.807, 2.05) is 57.2 Å². The minimum Gasteiger partial charge on any atom is -0.497 e. The number of carbonyl (C=O) groups excluding carboxylic acids is 1. The summed E-state index contributed by atoms with van der Waals surface area (Å²) < 4.78 is 19.8. The third-order valence-electron chi connectivity index (χ3n) is 6.83. The minimum absolute atomic E-state index is 0.223. The average Bonchev–Trinajstić information content (AvgIpc) is 3.17. The molecule has 3 aromatic carbocycles. The highest BCUT2D eigenvalue weighted by Gasteiger charge is 2.45. The topological polar surface area (TPSA) is 57.4 Å². The third kappa shape index (κ3) is 3.59. The minimum atomic E-state index is -0.898. The van der Waals surface area contributed by atoms with E-state index < -0.39 is 5.54 Å². The standard InChI is InChI=1S/C28H28FN3O2/c1-17-12-18(2)14-21(13-17)30-27(33)32-11-10-23-24-16-22(34-4)8-9-25(24)31-26(23)28(32,3)19-6-5-7-20(29)15-19/h5-9,12-16,31H,10-11H2,1-4H3,(H,30,33). The number of anilines is 1. The van der Waals surface area contributed by atoms with Gasteiger partial charge < -0.3 is 19.9 Å². The van der Waals surface area contributed by atoms with Gasteiger partial charge in [-0.25, -0.2) is 9.18 Å². The van der Waals surface area contributed by atoms with Crippen LogP contribution in [0, 0.1) is 19.7 Å². The van der Waals surface area contributed by atoms with Crippen molar-refractivity contribution >= 4 is 22.6 Å². The number of benzene rings is 3. The number of aromatic nitrogens is 1. The number of nitrogens with zero attached hydrogens (tertiary/aromatic N) is 1. The summed E-state index contributed by atoms with van der Waals surface area (Å²) in [6, 6.07) is 18.2. The summed E-state index contributed by atoms with van der Waals surface area (Å²) in [6.07, 6.45) is 0.674. The van der Waals surface area contributed by atoms with Crippen molar-refractivity contribution in [3.05, 3.63) is 94.4 Å². The van der Waals surface area contributed by atoms with Crippen molar-refractivity contribution in [3.8, 4) is 5.75 Å². The number of aryl methyl sites for hydroxylation is 2. The summed E-state index contributed by atoms with van der Waals surface area (Å²) in [7, 11) is 1.65. The van der Waals surface area contributed by atoms with Crippen molar-refractivity contribution in [2.45, 2.75) is 32.7 Å². The fraction of sp³-hybridized carbons (Fsp3) is 0.250. The zero-order chi connectivity index (χ0) is 24.0. The molecule has 0 saturated heterocycles. The molecule has 4 aromatic rings. The molecule has 1 aromatic heterocycles. The Bertz CT molecular complexity index is 1390. The van der Waals surface area contributed by atoms with E-state index in [2.05, 4.69) is 16.4 Å². The predicted molar refractivity (Wildman–Crippen MR) is 133 cm³/mol. The second kappa shape index (κ2) is 8.20. The summed E-state index contributed by atoms with van der Waals surface area (Å²) in [6.45, 7) is 6.48. The van der Waals surface area contributed by atoms with Crippen molar-refractivity contribution in [1.29, 1.82) is 0 Å². The Morgan fingerprint density at radius 3 is 2.56 bits per heavy atom. The van der Waals surface area contributed by atoms with Crippen LogP contribution < -0.4 is 10.1 Å². The first-order valence-electron chi connectivity index (χ1n) is 11.4. The molecule has 0 spiro atoms. The number of ether oxygens (including phenoxy) is 1. The summed E-state index contributed by atoms with van der Waals surface area (Å²) >= 11 is 0. The number of hydrogen-bond acceptors (Lipinski definition) is 2. The molecule has 1 aliphatic rings. The van der Waals surface area contributed by atoms with E-state index in [1.165, 1.54) is 12.1 Å². The molecule has 0 fully saturated rings. The Morgan fingerprint density at radius 1 is 1.09 bits per heavy atom. The van der Waals surface area contributed by atoms with Crippen molar-refractivity contribution in [2.75, 3.05) is 19.0 Å². The zero-order valence-corrected chi connectivity index (χ0v) is 19.8. The molecule has 6 heteroatoms. The molecule has 5 rings (SSSR count). The maximum absolute atomic E-state index is 14.4. The first-order chi connectivity index (χ1) is 16.3. The van der Waals surface area contributed by atoms with E-state index in [4.69, 9.17) is 4.74 Å². The van der Waals surface area contributed by atoms with Gasteiger partial charge in [-0.05, 0) is 91.9 Å². The molecule has 1 unspecified atom stereocenters. The van der Waals surface area contributed by atoms with Gasteiger partial charge in [-0.15, -0.1) is 0 Å². The van der Waals surface area contributed by atoms with Crippen LogP contribution in [0.1, 0.15) is 34.9 Å². The fourth-order valence-corrected chi connectivity index (χ4v) is 5.25. The number of urea groups is 1. The van der Waals surface area contributed by atoms with Gasteiger partial charge in [0, 0.05) is 28.8 Å². The average molecular weight is 458 g/mol. The highest BCUT2D eigenvalue weighted by Crippen LogP contribution is 2.44.